The van der Waals surface area contributed by atoms with Crippen LogP contribution in [0.3, 0.4) is 0 Å². The number of rotatable bonds is 1. The summed E-state index contributed by atoms with van der Waals surface area (Å²) in [5.74, 6) is -0.907. The van der Waals surface area contributed by atoms with Gasteiger partial charge in [-0.25, -0.2) is 9.59 Å². The van der Waals surface area contributed by atoms with Crippen molar-refractivity contribution in [1.82, 2.24) is 9.80 Å². The fraction of sp³-hybridized carbons (Fsp3) is 0.846. The average molecular weight is 268 g/mol. The molecule has 2 unspecified atom stereocenters. The predicted molar refractivity (Wildman–Crippen MR) is 66.6 cm³/mol. The number of aliphatic hydroxyl groups is 1. The molecule has 3 aliphatic rings. The van der Waals surface area contributed by atoms with Crippen molar-refractivity contribution in [2.45, 2.75) is 62.8 Å². The predicted octanol–water partition coefficient (Wildman–Crippen LogP) is 0.643. The Hall–Kier alpha value is -1.30. The summed E-state index contributed by atoms with van der Waals surface area (Å²) < 4.78 is 0. The van der Waals surface area contributed by atoms with Gasteiger partial charge in [0.15, 0.2) is 0 Å². The van der Waals surface area contributed by atoms with Crippen molar-refractivity contribution in [2.75, 3.05) is 6.54 Å². The van der Waals surface area contributed by atoms with Crippen molar-refractivity contribution in [1.29, 1.82) is 0 Å². The highest BCUT2D eigenvalue weighted by atomic mass is 16.4. The first-order valence-electron chi connectivity index (χ1n) is 7.07. The summed E-state index contributed by atoms with van der Waals surface area (Å²) in [6, 6.07) is -0.615. The van der Waals surface area contributed by atoms with E-state index < -0.39 is 12.0 Å². The van der Waals surface area contributed by atoms with Crippen LogP contribution in [0, 0.1) is 0 Å². The van der Waals surface area contributed by atoms with Crippen molar-refractivity contribution in [3.8, 4) is 0 Å². The van der Waals surface area contributed by atoms with Gasteiger partial charge >= 0.3 is 12.0 Å². The van der Waals surface area contributed by atoms with Gasteiger partial charge in [0, 0.05) is 18.6 Å². The number of carboxylic acid groups (broad SMARTS) is 1. The first-order valence-corrected chi connectivity index (χ1v) is 7.07. The Morgan fingerprint density at radius 1 is 1.05 bits per heavy atom. The summed E-state index contributed by atoms with van der Waals surface area (Å²) >= 11 is 0. The van der Waals surface area contributed by atoms with E-state index in [1.54, 1.807) is 0 Å². The highest BCUT2D eigenvalue weighted by molar-refractivity contribution is 5.84. The quantitative estimate of drug-likeness (QED) is 0.731. The number of aliphatic carboxylic acids is 1. The summed E-state index contributed by atoms with van der Waals surface area (Å²) in [6.07, 6.45) is 4.12. The molecule has 0 saturated carbocycles. The lowest BCUT2D eigenvalue weighted by Crippen LogP contribution is -2.55. The molecule has 3 rings (SSSR count). The van der Waals surface area contributed by atoms with E-state index in [9.17, 15) is 14.7 Å². The largest absolute Gasteiger partial charge is 0.480 e. The number of aliphatic hydroxyl groups excluding tert-OH is 1. The van der Waals surface area contributed by atoms with Gasteiger partial charge in [-0.2, -0.15) is 0 Å². The maximum absolute atomic E-state index is 12.6. The van der Waals surface area contributed by atoms with E-state index in [1.165, 1.54) is 4.90 Å². The molecule has 19 heavy (non-hydrogen) atoms. The monoisotopic (exact) mass is 268 g/mol. The van der Waals surface area contributed by atoms with Crippen LogP contribution in [0.1, 0.15) is 38.5 Å². The van der Waals surface area contributed by atoms with Crippen LogP contribution in [0.25, 0.3) is 0 Å². The van der Waals surface area contributed by atoms with Gasteiger partial charge in [0.25, 0.3) is 0 Å². The molecule has 0 aliphatic carbocycles. The van der Waals surface area contributed by atoms with Crippen LogP contribution in [0.15, 0.2) is 0 Å². The molecule has 6 heteroatoms. The summed E-state index contributed by atoms with van der Waals surface area (Å²) in [6.45, 7) is 0.536. The van der Waals surface area contributed by atoms with Gasteiger partial charge in [0.1, 0.15) is 6.04 Å². The Kier molecular flexibility index (Phi) is 3.12. The zero-order valence-electron chi connectivity index (χ0n) is 10.9. The van der Waals surface area contributed by atoms with Crippen molar-refractivity contribution in [2.24, 2.45) is 0 Å². The topological polar surface area (TPSA) is 81.1 Å². The summed E-state index contributed by atoms with van der Waals surface area (Å²) in [7, 11) is 0. The Bertz CT molecular complexity index is 386. The van der Waals surface area contributed by atoms with Crippen LogP contribution in [-0.2, 0) is 4.79 Å². The maximum Gasteiger partial charge on any atom is 0.326 e. The van der Waals surface area contributed by atoms with E-state index in [4.69, 9.17) is 5.11 Å². The SMILES string of the molecule is O=C(O)[C@H]1CCCN1C(=O)N1C2CCC1CC(O)C2. The molecule has 3 heterocycles. The van der Waals surface area contributed by atoms with E-state index in [1.807, 2.05) is 4.90 Å². The van der Waals surface area contributed by atoms with Gasteiger partial charge in [0.05, 0.1) is 6.10 Å². The number of likely N-dealkylation sites (tertiary alicyclic amines) is 1. The summed E-state index contributed by atoms with van der Waals surface area (Å²) in [4.78, 5) is 27.1. The van der Waals surface area contributed by atoms with Gasteiger partial charge < -0.3 is 20.0 Å². The molecule has 106 valence electrons. The van der Waals surface area contributed by atoms with E-state index in [-0.39, 0.29) is 24.2 Å². The molecule has 2 bridgehead atoms. The normalized spacial score (nSPS) is 37.7. The molecule has 3 saturated heterocycles. The van der Waals surface area contributed by atoms with Gasteiger partial charge in [-0.3, -0.25) is 0 Å². The molecule has 3 aliphatic heterocycles. The minimum absolute atomic E-state index is 0.0938. The number of carbonyl (C=O) groups excluding carboxylic acids is 1. The average Bonchev–Trinajstić information content (AvgIpc) is 2.92. The number of urea groups is 1. The highest BCUT2D eigenvalue weighted by Gasteiger charge is 2.46. The molecule has 6 nitrogen and oxygen atoms in total. The van der Waals surface area contributed by atoms with Crippen LogP contribution < -0.4 is 0 Å². The lowest BCUT2D eigenvalue weighted by atomic mass is 10.0. The summed E-state index contributed by atoms with van der Waals surface area (Å²) in [5.41, 5.74) is 0. The maximum atomic E-state index is 12.6. The molecule has 0 aromatic heterocycles. The highest BCUT2D eigenvalue weighted by Crippen LogP contribution is 2.37. The molecule has 0 radical (unpaired) electrons. The second-order valence-electron chi connectivity index (χ2n) is 5.89. The minimum Gasteiger partial charge on any atom is -0.480 e. The standard InChI is InChI=1S/C13H20N2O4/c16-10-6-8-3-4-9(7-10)15(8)13(19)14-5-1-2-11(14)12(17)18/h8-11,16H,1-7H2,(H,17,18)/t8?,9?,10?,11-/m1/s1. The third kappa shape index (κ3) is 2.08. The molecular weight excluding hydrogens is 248 g/mol. The molecular formula is C13H20N2O4. The number of hydrogen-bond donors (Lipinski definition) is 2. The number of fused-ring (bicyclic) bond motifs is 2. The fourth-order valence-electron chi connectivity index (χ4n) is 3.86. The zero-order valence-corrected chi connectivity index (χ0v) is 10.9. The second kappa shape index (κ2) is 4.67. The lowest BCUT2D eigenvalue weighted by molar-refractivity contribution is -0.141. The van der Waals surface area contributed by atoms with Crippen molar-refractivity contribution in [3.05, 3.63) is 0 Å². The Morgan fingerprint density at radius 3 is 2.26 bits per heavy atom. The smallest absolute Gasteiger partial charge is 0.326 e. The van der Waals surface area contributed by atoms with Crippen molar-refractivity contribution < 1.29 is 19.8 Å². The van der Waals surface area contributed by atoms with Crippen LogP contribution in [0.2, 0.25) is 0 Å². The third-order valence-corrected chi connectivity index (χ3v) is 4.71. The Balaban J connectivity index is 1.76. The van der Waals surface area contributed by atoms with Crippen LogP contribution in [0.5, 0.6) is 0 Å². The van der Waals surface area contributed by atoms with Gasteiger partial charge in [-0.05, 0) is 38.5 Å². The molecule has 0 aromatic rings. The molecule has 2 amide bonds. The van der Waals surface area contributed by atoms with Gasteiger partial charge in [-0.1, -0.05) is 0 Å². The number of hydrogen-bond acceptors (Lipinski definition) is 3. The van der Waals surface area contributed by atoms with Crippen molar-refractivity contribution in [3.63, 3.8) is 0 Å². The van der Waals surface area contributed by atoms with Crippen LogP contribution >= 0.6 is 0 Å². The lowest BCUT2D eigenvalue weighted by Gasteiger charge is -2.40. The Labute approximate surface area is 112 Å². The van der Waals surface area contributed by atoms with Crippen LogP contribution in [-0.4, -0.2) is 62.8 Å². The molecule has 3 atom stereocenters. The molecule has 3 fully saturated rings. The first kappa shape index (κ1) is 12.7. The van der Waals surface area contributed by atoms with Gasteiger partial charge in [-0.15, -0.1) is 0 Å². The number of carbonyl (C=O) groups is 2. The van der Waals surface area contributed by atoms with E-state index in [0.29, 0.717) is 25.8 Å². The number of nitrogens with zero attached hydrogens (tertiary/aromatic N) is 2. The van der Waals surface area contributed by atoms with E-state index in [0.717, 1.165) is 19.3 Å². The summed E-state index contributed by atoms with van der Waals surface area (Å²) in [5, 5.41) is 18.9. The number of carboxylic acids is 1. The Morgan fingerprint density at radius 2 is 1.68 bits per heavy atom. The molecule has 2 N–H and O–H groups in total. The zero-order chi connectivity index (χ0) is 13.6. The fourth-order valence-corrected chi connectivity index (χ4v) is 3.86. The minimum atomic E-state index is -0.907. The van der Waals surface area contributed by atoms with E-state index in [2.05, 4.69) is 0 Å². The van der Waals surface area contributed by atoms with Crippen LogP contribution in [0.4, 0.5) is 4.79 Å². The van der Waals surface area contributed by atoms with Crippen molar-refractivity contribution >= 4 is 12.0 Å². The number of amides is 2. The molecule has 0 aromatic carbocycles. The first-order chi connectivity index (χ1) is 9.08. The van der Waals surface area contributed by atoms with E-state index >= 15 is 0 Å². The second-order valence-corrected chi connectivity index (χ2v) is 5.89. The van der Waals surface area contributed by atoms with Gasteiger partial charge in [0.2, 0.25) is 0 Å². The molecule has 0 spiro atoms. The number of piperidine rings is 1. The third-order valence-electron chi connectivity index (χ3n) is 4.71.